The average Bonchev–Trinajstić information content (AvgIpc) is 4.19. The summed E-state index contributed by atoms with van der Waals surface area (Å²) >= 11 is 9.66. The molecule has 10 heteroatoms. The molecular weight excluding hydrogens is 1040 g/mol. The molecule has 0 bridgehead atoms. The van der Waals surface area contributed by atoms with Crippen LogP contribution >= 0.6 is 34.3 Å². The summed E-state index contributed by atoms with van der Waals surface area (Å²) in [5.74, 6) is 0. The lowest BCUT2D eigenvalue weighted by molar-refractivity contribution is 0.426. The molecule has 0 saturated heterocycles. The first-order chi connectivity index (χ1) is 38.4. The lowest BCUT2D eigenvalue weighted by atomic mass is 9.80. The molecule has 0 radical (unpaired) electrons. The van der Waals surface area contributed by atoms with Crippen LogP contribution in [0.3, 0.4) is 0 Å². The second kappa shape index (κ2) is 21.7. The molecule has 16 rings (SSSR count). The Kier molecular flexibility index (Phi) is 14.1. The number of nitrogens with zero attached hydrogens (tertiary/aromatic N) is 4. The van der Waals surface area contributed by atoms with E-state index in [-0.39, 0.29) is 14.9 Å². The number of rotatable bonds is 4. The summed E-state index contributed by atoms with van der Waals surface area (Å²) in [6, 6.07) is 79.6. The third kappa shape index (κ3) is 9.15. The fourth-order valence-corrected chi connectivity index (χ4v) is 13.6. The van der Waals surface area contributed by atoms with Gasteiger partial charge in [-0.2, -0.15) is 0 Å². The zero-order valence-electron chi connectivity index (χ0n) is 41.5. The smallest absolute Gasteiger partial charge is 0.423 e. The van der Waals surface area contributed by atoms with Crippen molar-refractivity contribution in [1.82, 2.24) is 19.9 Å². The molecule has 0 aliphatic heterocycles. The maximum atomic E-state index is 9.21. The minimum Gasteiger partial charge on any atom is -0.423 e. The van der Waals surface area contributed by atoms with Gasteiger partial charge in [0.2, 0.25) is 0 Å². The lowest BCUT2D eigenvalue weighted by Gasteiger charge is -2.10. The van der Waals surface area contributed by atoms with Crippen LogP contribution in [0.1, 0.15) is 14.9 Å². The normalized spacial score (nSPS) is 11.2. The van der Waals surface area contributed by atoms with Crippen molar-refractivity contribution in [2.45, 2.75) is 14.9 Å². The van der Waals surface area contributed by atoms with Crippen molar-refractivity contribution in [2.75, 3.05) is 0 Å². The number of benzene rings is 12. The highest BCUT2D eigenvalue weighted by Gasteiger charge is 2.16. The average molecular weight is 1090 g/mol. The SMILES string of the molecule is C.C.Clc1cnc2c3ccccc3c3ccccc3c2n1.OB(O)c1ccc(-c2cccc3c2sc2ccccc23)cc1.c1ccc2c(c1)sc1c(-c3ccc(-c4cnc5c6ccccc6c6ccccc6c5n4)cc3)cccc12. The van der Waals surface area contributed by atoms with Crippen LogP contribution in [0.4, 0.5) is 0 Å². The van der Waals surface area contributed by atoms with Gasteiger partial charge < -0.3 is 10.0 Å². The Morgan fingerprint density at radius 3 is 1.12 bits per heavy atom. The van der Waals surface area contributed by atoms with Crippen molar-refractivity contribution in [2.24, 2.45) is 0 Å². The molecule has 0 unspecified atom stereocenters. The highest BCUT2D eigenvalue weighted by Crippen LogP contribution is 2.42. The number of hydrogen-bond acceptors (Lipinski definition) is 8. The number of hydrogen-bond donors (Lipinski definition) is 2. The van der Waals surface area contributed by atoms with E-state index in [1.807, 2.05) is 53.9 Å². The molecule has 4 aromatic heterocycles. The molecule has 0 aliphatic rings. The van der Waals surface area contributed by atoms with Gasteiger partial charge in [0.05, 0.1) is 40.2 Å². The minimum atomic E-state index is -1.42. The highest BCUT2D eigenvalue weighted by molar-refractivity contribution is 7.26. The summed E-state index contributed by atoms with van der Waals surface area (Å²) in [5, 5.41) is 33.3. The molecule has 6 nitrogen and oxygen atoms in total. The lowest BCUT2D eigenvalue weighted by Crippen LogP contribution is -2.29. The zero-order valence-corrected chi connectivity index (χ0v) is 43.9. The van der Waals surface area contributed by atoms with E-state index in [1.165, 1.54) is 78.6 Å². The second-order valence-electron chi connectivity index (χ2n) is 19.2. The van der Waals surface area contributed by atoms with Crippen LogP contribution < -0.4 is 5.46 Å². The zero-order chi connectivity index (χ0) is 52.3. The topological polar surface area (TPSA) is 92.0 Å². The fourth-order valence-electron chi connectivity index (χ4n) is 11.0. The van der Waals surface area contributed by atoms with Gasteiger partial charge in [-0.3, -0.25) is 9.97 Å². The summed E-state index contributed by atoms with van der Waals surface area (Å²) < 4.78 is 5.21. The Hall–Kier alpha value is -8.93. The predicted octanol–water partition coefficient (Wildman–Crippen LogP) is 18.9. The van der Waals surface area contributed by atoms with Gasteiger partial charge in [-0.1, -0.05) is 245 Å². The van der Waals surface area contributed by atoms with Gasteiger partial charge in [-0.25, -0.2) is 9.97 Å². The van der Waals surface area contributed by atoms with Gasteiger partial charge >= 0.3 is 7.12 Å². The minimum absolute atomic E-state index is 0. The number of thiophene rings is 2. The van der Waals surface area contributed by atoms with Crippen LogP contribution in [0.5, 0.6) is 0 Å². The molecule has 0 aliphatic carbocycles. The van der Waals surface area contributed by atoms with E-state index in [1.54, 1.807) is 29.7 Å². The van der Waals surface area contributed by atoms with Crippen molar-refractivity contribution in [3.63, 3.8) is 0 Å². The van der Waals surface area contributed by atoms with Crippen LogP contribution in [-0.2, 0) is 0 Å². The summed E-state index contributed by atoms with van der Waals surface area (Å²) in [4.78, 5) is 19.0. The van der Waals surface area contributed by atoms with Crippen LogP contribution in [0, 0.1) is 0 Å². The molecule has 80 heavy (non-hydrogen) atoms. The van der Waals surface area contributed by atoms with E-state index >= 15 is 0 Å². The Morgan fingerprint density at radius 2 is 0.675 bits per heavy atom. The third-order valence-corrected chi connectivity index (χ3v) is 17.3. The first-order valence-corrected chi connectivity index (χ1v) is 27.6. The van der Waals surface area contributed by atoms with Gasteiger partial charge in [0.15, 0.2) is 0 Å². The Bertz CT molecular complexity index is 4920. The number of aromatic nitrogens is 4. The first kappa shape index (κ1) is 51.8. The molecule has 384 valence electrons. The first-order valence-electron chi connectivity index (χ1n) is 25.6. The van der Waals surface area contributed by atoms with Crippen molar-refractivity contribution >= 4 is 152 Å². The molecule has 0 spiro atoms. The Balaban J connectivity index is 0.000000127. The van der Waals surface area contributed by atoms with E-state index in [2.05, 4.69) is 192 Å². The molecule has 0 atom stereocenters. The van der Waals surface area contributed by atoms with Crippen LogP contribution in [0.25, 0.3) is 139 Å². The quantitative estimate of drug-likeness (QED) is 0.135. The van der Waals surface area contributed by atoms with Gasteiger partial charge in [-0.15, -0.1) is 22.7 Å². The molecular formula is C70H50BClN4O2S2. The van der Waals surface area contributed by atoms with Gasteiger partial charge in [0.25, 0.3) is 0 Å². The molecule has 2 N–H and O–H groups in total. The van der Waals surface area contributed by atoms with E-state index in [9.17, 15) is 10.0 Å². The molecule has 4 heterocycles. The highest BCUT2D eigenvalue weighted by atomic mass is 35.5. The summed E-state index contributed by atoms with van der Waals surface area (Å²) in [7, 11) is -1.42. The third-order valence-electron chi connectivity index (χ3n) is 14.6. The van der Waals surface area contributed by atoms with Crippen LogP contribution in [0.2, 0.25) is 5.15 Å². The molecule has 12 aromatic carbocycles. The Morgan fingerprint density at radius 1 is 0.325 bits per heavy atom. The Labute approximate surface area is 475 Å². The number of fused-ring (bicyclic) bond motifs is 18. The van der Waals surface area contributed by atoms with Crippen molar-refractivity contribution < 1.29 is 10.0 Å². The molecule has 0 saturated carbocycles. The fraction of sp³-hybridized carbons (Fsp3) is 0.0286. The van der Waals surface area contributed by atoms with Gasteiger partial charge in [0.1, 0.15) is 5.15 Å². The monoisotopic (exact) mass is 1090 g/mol. The van der Waals surface area contributed by atoms with Crippen molar-refractivity contribution in [3.05, 3.63) is 248 Å². The number of halogens is 1. The van der Waals surface area contributed by atoms with Crippen molar-refractivity contribution in [1.29, 1.82) is 0 Å². The maximum absolute atomic E-state index is 9.21. The van der Waals surface area contributed by atoms with Gasteiger partial charge in [-0.05, 0) is 61.4 Å². The van der Waals surface area contributed by atoms with Crippen LogP contribution in [-0.4, -0.2) is 37.1 Å². The van der Waals surface area contributed by atoms with Gasteiger partial charge in [0, 0.05) is 67.5 Å². The van der Waals surface area contributed by atoms with E-state index in [0.29, 0.717) is 10.6 Å². The van der Waals surface area contributed by atoms with Crippen molar-refractivity contribution in [3.8, 4) is 33.5 Å². The maximum Gasteiger partial charge on any atom is 0.488 e. The van der Waals surface area contributed by atoms with E-state index in [4.69, 9.17) is 21.6 Å². The second-order valence-corrected chi connectivity index (χ2v) is 21.7. The molecule has 16 aromatic rings. The summed E-state index contributed by atoms with van der Waals surface area (Å²) in [6.07, 6.45) is 3.51. The molecule has 0 fully saturated rings. The largest absolute Gasteiger partial charge is 0.488 e. The van der Waals surface area contributed by atoms with E-state index in [0.717, 1.165) is 60.4 Å². The molecule has 0 amide bonds. The summed E-state index contributed by atoms with van der Waals surface area (Å²) in [6.45, 7) is 0. The summed E-state index contributed by atoms with van der Waals surface area (Å²) in [5.41, 5.74) is 10.9. The van der Waals surface area contributed by atoms with Crippen LogP contribution in [0.15, 0.2) is 243 Å². The predicted molar refractivity (Wildman–Crippen MR) is 346 cm³/mol. The van der Waals surface area contributed by atoms with E-state index < -0.39 is 7.12 Å². The standard InChI is InChI=1S/C34H20N2S.C18H13BO2S.C16H9ClN2.2CH4/c1-3-11-27-24(8-1)25-9-2-4-12-28(25)33-32(27)35-20-30(36-33)22-18-16-21(17-19-22)23-13-7-14-29-26-10-5-6-15-31(26)37-34(23)29;20-19(21)13-10-8-12(9-11-13)14-5-3-6-16-15-4-1-2-7-17(15)22-18(14)16;17-14-9-18-15-12-7-3-1-5-10(12)11-6-2-4-8-13(11)16(15)19-14;;/h1-20H;1-11,20-21H;1-9H;2*1H4.